The third kappa shape index (κ3) is 5.23. The minimum Gasteiger partial charge on any atom is -0.348 e. The Morgan fingerprint density at radius 1 is 1.43 bits per heavy atom. The molecule has 0 radical (unpaired) electrons. The minimum atomic E-state index is -3.16. The Morgan fingerprint density at radius 2 is 2.14 bits per heavy atom. The van der Waals surface area contributed by atoms with Gasteiger partial charge in [0.1, 0.15) is 0 Å². The van der Waals surface area contributed by atoms with Crippen molar-refractivity contribution in [1.82, 2.24) is 9.71 Å². The van der Waals surface area contributed by atoms with Crippen molar-refractivity contribution in [1.29, 1.82) is 0 Å². The first kappa shape index (κ1) is 16.7. The van der Waals surface area contributed by atoms with E-state index in [0.29, 0.717) is 13.0 Å². The van der Waals surface area contributed by atoms with E-state index in [0.717, 1.165) is 30.3 Å². The second kappa shape index (κ2) is 7.56. The molecule has 1 aliphatic heterocycles. The molecule has 2 heterocycles. The Labute approximate surface area is 131 Å². The van der Waals surface area contributed by atoms with Crippen molar-refractivity contribution in [3.05, 3.63) is 11.1 Å². The molecule has 1 N–H and O–H groups in total. The average Bonchev–Trinajstić information content (AvgIpc) is 3.08. The molecule has 5 nitrogen and oxygen atoms in total. The number of sulfonamides is 1. The van der Waals surface area contributed by atoms with Gasteiger partial charge in [-0.05, 0) is 18.8 Å². The molecule has 21 heavy (non-hydrogen) atoms. The van der Waals surface area contributed by atoms with Crippen molar-refractivity contribution >= 4 is 26.5 Å². The van der Waals surface area contributed by atoms with E-state index in [-0.39, 0.29) is 11.7 Å². The summed E-state index contributed by atoms with van der Waals surface area (Å²) >= 11 is 1.66. The number of thiazole rings is 1. The van der Waals surface area contributed by atoms with Crippen molar-refractivity contribution < 1.29 is 8.42 Å². The summed E-state index contributed by atoms with van der Waals surface area (Å²) < 4.78 is 26.4. The van der Waals surface area contributed by atoms with Gasteiger partial charge in [0.05, 0.1) is 11.4 Å². The number of anilines is 1. The van der Waals surface area contributed by atoms with Crippen LogP contribution >= 0.6 is 11.3 Å². The molecule has 1 fully saturated rings. The second-order valence-electron chi connectivity index (χ2n) is 5.75. The third-order valence-electron chi connectivity index (χ3n) is 3.82. The van der Waals surface area contributed by atoms with E-state index in [1.165, 1.54) is 12.8 Å². The van der Waals surface area contributed by atoms with Crippen LogP contribution in [0.3, 0.4) is 0 Å². The van der Waals surface area contributed by atoms with E-state index in [9.17, 15) is 8.42 Å². The Morgan fingerprint density at radius 3 is 2.81 bits per heavy atom. The zero-order valence-corrected chi connectivity index (χ0v) is 14.5. The minimum absolute atomic E-state index is 0.198. The predicted octanol–water partition coefficient (Wildman–Crippen LogP) is 2.25. The standard InChI is InChI=1S/C14H25N3O2S2/c1-3-12(2)11-21(18,19)15-7-6-13-10-20-14(16-13)17-8-4-5-9-17/h10,12,15H,3-9,11H2,1-2H3. The van der Waals surface area contributed by atoms with E-state index in [2.05, 4.69) is 14.6 Å². The maximum absolute atomic E-state index is 11.9. The monoisotopic (exact) mass is 331 g/mol. The summed E-state index contributed by atoms with van der Waals surface area (Å²) in [5.74, 6) is 0.406. The van der Waals surface area contributed by atoms with Crippen LogP contribution in [0.5, 0.6) is 0 Å². The summed E-state index contributed by atoms with van der Waals surface area (Å²) in [5, 5.41) is 3.11. The zero-order valence-electron chi connectivity index (χ0n) is 12.8. The predicted molar refractivity (Wildman–Crippen MR) is 88.5 cm³/mol. The number of rotatable bonds is 8. The van der Waals surface area contributed by atoms with Crippen LogP contribution in [0.25, 0.3) is 0 Å². The topological polar surface area (TPSA) is 62.3 Å². The lowest BCUT2D eigenvalue weighted by Crippen LogP contribution is -2.30. The van der Waals surface area contributed by atoms with Gasteiger partial charge in [-0.25, -0.2) is 18.1 Å². The van der Waals surface area contributed by atoms with Gasteiger partial charge in [-0.15, -0.1) is 11.3 Å². The van der Waals surface area contributed by atoms with E-state index < -0.39 is 10.0 Å². The van der Waals surface area contributed by atoms with Gasteiger partial charge in [-0.1, -0.05) is 20.3 Å². The summed E-state index contributed by atoms with van der Waals surface area (Å²) in [6, 6.07) is 0. The first-order chi connectivity index (χ1) is 10.00. The molecule has 1 aromatic rings. The van der Waals surface area contributed by atoms with E-state index >= 15 is 0 Å². The van der Waals surface area contributed by atoms with Gasteiger partial charge < -0.3 is 4.90 Å². The van der Waals surface area contributed by atoms with Crippen LogP contribution in [0.4, 0.5) is 5.13 Å². The summed E-state index contributed by atoms with van der Waals surface area (Å²) in [4.78, 5) is 6.91. The molecular formula is C14H25N3O2S2. The fraction of sp³-hybridized carbons (Fsp3) is 0.786. The van der Waals surface area contributed by atoms with Crippen LogP contribution in [0.2, 0.25) is 0 Å². The van der Waals surface area contributed by atoms with Gasteiger partial charge in [-0.2, -0.15) is 0 Å². The maximum Gasteiger partial charge on any atom is 0.211 e. The van der Waals surface area contributed by atoms with Crippen molar-refractivity contribution in [3.8, 4) is 0 Å². The summed E-state index contributed by atoms with van der Waals surface area (Å²) in [7, 11) is -3.16. The normalized spacial score (nSPS) is 17.3. The SMILES string of the molecule is CCC(C)CS(=O)(=O)NCCc1csc(N2CCCC2)n1. The molecule has 0 aliphatic carbocycles. The van der Waals surface area contributed by atoms with Crippen molar-refractivity contribution in [2.75, 3.05) is 30.3 Å². The quantitative estimate of drug-likeness (QED) is 0.793. The van der Waals surface area contributed by atoms with E-state index in [4.69, 9.17) is 0 Å². The molecule has 1 saturated heterocycles. The fourth-order valence-electron chi connectivity index (χ4n) is 2.35. The molecular weight excluding hydrogens is 306 g/mol. The Balaban J connectivity index is 1.78. The van der Waals surface area contributed by atoms with Gasteiger partial charge in [0.25, 0.3) is 0 Å². The number of nitrogens with one attached hydrogen (secondary N) is 1. The van der Waals surface area contributed by atoms with Crippen molar-refractivity contribution in [3.63, 3.8) is 0 Å². The highest BCUT2D eigenvalue weighted by molar-refractivity contribution is 7.89. The van der Waals surface area contributed by atoms with Gasteiger partial charge >= 0.3 is 0 Å². The molecule has 7 heteroatoms. The summed E-state index contributed by atoms with van der Waals surface area (Å²) in [6.45, 7) is 6.59. The molecule has 0 aromatic carbocycles. The molecule has 1 aromatic heterocycles. The molecule has 1 unspecified atom stereocenters. The van der Waals surface area contributed by atoms with Gasteiger partial charge in [0.15, 0.2) is 5.13 Å². The molecule has 0 spiro atoms. The van der Waals surface area contributed by atoms with Crippen LogP contribution in [0.15, 0.2) is 5.38 Å². The van der Waals surface area contributed by atoms with Gasteiger partial charge in [0.2, 0.25) is 10.0 Å². The Hall–Kier alpha value is -0.660. The lowest BCUT2D eigenvalue weighted by molar-refractivity contribution is 0.552. The highest BCUT2D eigenvalue weighted by atomic mass is 32.2. The smallest absolute Gasteiger partial charge is 0.211 e. The Kier molecular flexibility index (Phi) is 6.01. The third-order valence-corrected chi connectivity index (χ3v) is 6.42. The van der Waals surface area contributed by atoms with Gasteiger partial charge in [0, 0.05) is 31.4 Å². The first-order valence-corrected chi connectivity index (χ1v) is 10.2. The van der Waals surface area contributed by atoms with E-state index in [1.807, 2.05) is 19.2 Å². The van der Waals surface area contributed by atoms with Crippen LogP contribution in [-0.2, 0) is 16.4 Å². The molecule has 1 aliphatic rings. The Bertz CT molecular complexity index is 536. The van der Waals surface area contributed by atoms with Crippen LogP contribution in [-0.4, -0.2) is 38.8 Å². The fourth-order valence-corrected chi connectivity index (χ4v) is 4.78. The molecule has 120 valence electrons. The highest BCUT2D eigenvalue weighted by Crippen LogP contribution is 2.24. The number of hydrogen-bond acceptors (Lipinski definition) is 5. The first-order valence-electron chi connectivity index (χ1n) is 7.67. The number of nitrogens with zero attached hydrogens (tertiary/aromatic N) is 2. The zero-order chi connectivity index (χ0) is 15.3. The van der Waals surface area contributed by atoms with Crippen LogP contribution in [0.1, 0.15) is 38.8 Å². The summed E-state index contributed by atoms with van der Waals surface area (Å²) in [5.41, 5.74) is 0.980. The number of aromatic nitrogens is 1. The summed E-state index contributed by atoms with van der Waals surface area (Å²) in [6.07, 6.45) is 4.02. The molecule has 0 saturated carbocycles. The largest absolute Gasteiger partial charge is 0.348 e. The second-order valence-corrected chi connectivity index (χ2v) is 8.44. The van der Waals surface area contributed by atoms with E-state index in [1.54, 1.807) is 11.3 Å². The van der Waals surface area contributed by atoms with Crippen molar-refractivity contribution in [2.24, 2.45) is 5.92 Å². The number of hydrogen-bond donors (Lipinski definition) is 1. The lowest BCUT2D eigenvalue weighted by atomic mass is 10.2. The average molecular weight is 332 g/mol. The molecule has 0 amide bonds. The highest BCUT2D eigenvalue weighted by Gasteiger charge is 2.16. The molecule has 2 rings (SSSR count). The maximum atomic E-state index is 11.9. The van der Waals surface area contributed by atoms with Gasteiger partial charge in [-0.3, -0.25) is 0 Å². The van der Waals surface area contributed by atoms with Crippen LogP contribution in [0, 0.1) is 5.92 Å². The van der Waals surface area contributed by atoms with Crippen LogP contribution < -0.4 is 9.62 Å². The molecule has 0 bridgehead atoms. The van der Waals surface area contributed by atoms with Crippen molar-refractivity contribution in [2.45, 2.75) is 39.5 Å². The molecule has 1 atom stereocenters. The lowest BCUT2D eigenvalue weighted by Gasteiger charge is -2.12.